The fourth-order valence-corrected chi connectivity index (χ4v) is 5.58. The predicted octanol–water partition coefficient (Wildman–Crippen LogP) is 3.84. The van der Waals surface area contributed by atoms with Crippen molar-refractivity contribution in [2.75, 3.05) is 13.1 Å². The van der Waals surface area contributed by atoms with Crippen molar-refractivity contribution in [1.29, 1.82) is 0 Å². The van der Waals surface area contributed by atoms with Crippen molar-refractivity contribution < 1.29 is 9.59 Å². The van der Waals surface area contributed by atoms with Crippen LogP contribution >= 0.6 is 0 Å². The fraction of sp³-hybridized carbons (Fsp3) is 0.273. The zero-order valence-corrected chi connectivity index (χ0v) is 24.2. The predicted molar refractivity (Wildman–Crippen MR) is 163 cm³/mol. The number of carbonyl (C=O) groups excluding carboxylic acids is 2. The van der Waals surface area contributed by atoms with Crippen LogP contribution in [0.2, 0.25) is 0 Å². The highest BCUT2D eigenvalue weighted by atomic mass is 16.2. The first kappa shape index (κ1) is 27.8. The molecule has 0 saturated carbocycles. The van der Waals surface area contributed by atoms with Gasteiger partial charge >= 0.3 is 0 Å². The van der Waals surface area contributed by atoms with Crippen LogP contribution in [0.5, 0.6) is 0 Å². The summed E-state index contributed by atoms with van der Waals surface area (Å²) in [5.41, 5.74) is 2.83. The standard InChI is InChI=1S/C33H31N7O3/c1-21-28(31-34-17-8-18-39(31)37-21)32(42)35-22(2)30-36-27-12-7-9-25(14-13-24-15-19-38(20-16-24)23(3)41)29(27)33(43)40(30)26-10-5-4-6-11-26/h4-12,17-18,22,24H,15-16,19-20H2,1-3H3,(H,35,42)/t22-/m0/s1. The topological polar surface area (TPSA) is 114 Å². The summed E-state index contributed by atoms with van der Waals surface area (Å²) in [5.74, 6) is 6.85. The molecule has 3 aromatic heterocycles. The Bertz CT molecular complexity index is 1980. The smallest absolute Gasteiger partial charge is 0.267 e. The summed E-state index contributed by atoms with van der Waals surface area (Å²) in [5, 5.41) is 7.84. The minimum absolute atomic E-state index is 0.0831. The van der Waals surface area contributed by atoms with E-state index >= 15 is 0 Å². The third kappa shape index (κ3) is 5.37. The Hall–Kier alpha value is -5.30. The molecule has 2 amide bonds. The third-order valence-electron chi connectivity index (χ3n) is 7.82. The van der Waals surface area contributed by atoms with Crippen molar-refractivity contribution in [3.63, 3.8) is 0 Å². The van der Waals surface area contributed by atoms with E-state index in [1.54, 1.807) is 54.4 Å². The van der Waals surface area contributed by atoms with E-state index in [9.17, 15) is 14.4 Å². The van der Waals surface area contributed by atoms with E-state index in [-0.39, 0.29) is 23.3 Å². The van der Waals surface area contributed by atoms with Crippen LogP contribution in [0.15, 0.2) is 71.8 Å². The molecule has 0 unspecified atom stereocenters. The van der Waals surface area contributed by atoms with Gasteiger partial charge in [0.1, 0.15) is 11.4 Å². The van der Waals surface area contributed by atoms with Crippen molar-refractivity contribution in [2.45, 2.75) is 39.7 Å². The summed E-state index contributed by atoms with van der Waals surface area (Å²) in [7, 11) is 0. The number of aromatic nitrogens is 5. The van der Waals surface area contributed by atoms with Crippen LogP contribution in [0.4, 0.5) is 0 Å². The third-order valence-corrected chi connectivity index (χ3v) is 7.82. The van der Waals surface area contributed by atoms with E-state index in [0.717, 1.165) is 12.8 Å². The number of carbonyl (C=O) groups is 2. The molecule has 216 valence electrons. The lowest BCUT2D eigenvalue weighted by Gasteiger charge is -2.28. The van der Waals surface area contributed by atoms with E-state index < -0.39 is 6.04 Å². The Morgan fingerprint density at radius 3 is 2.56 bits per heavy atom. The van der Waals surface area contributed by atoms with Gasteiger partial charge in [-0.3, -0.25) is 19.0 Å². The number of fused-ring (bicyclic) bond motifs is 2. The lowest BCUT2D eigenvalue weighted by molar-refractivity contribution is -0.129. The quantitative estimate of drug-likeness (QED) is 0.327. The van der Waals surface area contributed by atoms with Gasteiger partial charge in [-0.1, -0.05) is 36.1 Å². The number of piperidine rings is 1. The zero-order valence-electron chi connectivity index (χ0n) is 24.2. The minimum Gasteiger partial charge on any atom is -0.343 e. The van der Waals surface area contributed by atoms with Crippen LogP contribution in [-0.4, -0.2) is 54.0 Å². The van der Waals surface area contributed by atoms with E-state index in [1.165, 1.54) is 0 Å². The number of nitrogens with zero attached hydrogens (tertiary/aromatic N) is 6. The van der Waals surface area contributed by atoms with E-state index in [1.807, 2.05) is 47.4 Å². The first-order valence-corrected chi connectivity index (χ1v) is 14.3. The summed E-state index contributed by atoms with van der Waals surface area (Å²) >= 11 is 0. The molecular weight excluding hydrogens is 542 g/mol. The van der Waals surface area contributed by atoms with Gasteiger partial charge in [-0.05, 0) is 57.0 Å². The summed E-state index contributed by atoms with van der Waals surface area (Å²) < 4.78 is 3.11. The highest BCUT2D eigenvalue weighted by Gasteiger charge is 2.25. The molecule has 1 N–H and O–H groups in total. The molecule has 2 aromatic carbocycles. The molecule has 5 aromatic rings. The first-order valence-electron chi connectivity index (χ1n) is 14.3. The lowest BCUT2D eigenvalue weighted by Crippen LogP contribution is -2.36. The highest BCUT2D eigenvalue weighted by molar-refractivity contribution is 6.01. The van der Waals surface area contributed by atoms with Crippen molar-refractivity contribution in [3.8, 4) is 17.5 Å². The van der Waals surface area contributed by atoms with Crippen LogP contribution in [0.3, 0.4) is 0 Å². The van der Waals surface area contributed by atoms with Crippen molar-refractivity contribution in [2.24, 2.45) is 5.92 Å². The summed E-state index contributed by atoms with van der Waals surface area (Å²) in [6.07, 6.45) is 4.95. The fourth-order valence-electron chi connectivity index (χ4n) is 5.58. The molecule has 1 atom stereocenters. The lowest BCUT2D eigenvalue weighted by atomic mass is 9.96. The molecule has 10 nitrogen and oxygen atoms in total. The molecule has 0 bridgehead atoms. The highest BCUT2D eigenvalue weighted by Crippen LogP contribution is 2.22. The van der Waals surface area contributed by atoms with Crippen LogP contribution in [0.25, 0.3) is 22.2 Å². The molecule has 0 radical (unpaired) electrons. The molecule has 6 rings (SSSR count). The second kappa shape index (κ2) is 11.5. The van der Waals surface area contributed by atoms with Gasteiger partial charge in [0.2, 0.25) is 5.91 Å². The van der Waals surface area contributed by atoms with E-state index in [2.05, 4.69) is 27.2 Å². The van der Waals surface area contributed by atoms with E-state index in [0.29, 0.717) is 58.0 Å². The molecule has 0 aliphatic carbocycles. The second-order valence-electron chi connectivity index (χ2n) is 10.7. The Balaban J connectivity index is 1.40. The molecule has 4 heterocycles. The number of benzene rings is 2. The molecule has 0 spiro atoms. The maximum atomic E-state index is 14.3. The summed E-state index contributed by atoms with van der Waals surface area (Å²) in [6.45, 7) is 6.52. The molecule has 1 saturated heterocycles. The number of para-hydroxylation sites is 1. The molecular formula is C33H31N7O3. The maximum absolute atomic E-state index is 14.3. The number of rotatable bonds is 4. The Morgan fingerprint density at radius 2 is 1.81 bits per heavy atom. The SMILES string of the molecule is CC(=O)N1CCC(C#Cc2cccc3nc([C@H](C)NC(=O)c4c(C)nn5cccnc45)n(-c4ccccc4)c(=O)c23)CC1. The first-order chi connectivity index (χ1) is 20.8. The van der Waals surface area contributed by atoms with Crippen LogP contribution in [-0.2, 0) is 4.79 Å². The molecule has 1 aliphatic heterocycles. The van der Waals surface area contributed by atoms with Gasteiger partial charge in [-0.25, -0.2) is 14.5 Å². The second-order valence-corrected chi connectivity index (χ2v) is 10.7. The molecule has 43 heavy (non-hydrogen) atoms. The minimum atomic E-state index is -0.635. The van der Waals surface area contributed by atoms with Crippen molar-refractivity contribution in [3.05, 3.63) is 100.0 Å². The molecule has 1 fully saturated rings. The average Bonchev–Trinajstić information content (AvgIpc) is 3.36. The monoisotopic (exact) mass is 573 g/mol. The Kier molecular flexibility index (Phi) is 7.47. The number of amides is 2. The molecule has 10 heteroatoms. The number of hydrogen-bond donors (Lipinski definition) is 1. The van der Waals surface area contributed by atoms with Gasteiger partial charge in [-0.15, -0.1) is 0 Å². The normalized spacial score (nSPS) is 14.3. The number of aryl methyl sites for hydroxylation is 1. The van der Waals surface area contributed by atoms with Crippen molar-refractivity contribution in [1.82, 2.24) is 34.4 Å². The number of likely N-dealkylation sites (tertiary alicyclic amines) is 1. The van der Waals surface area contributed by atoms with Gasteiger partial charge in [0.15, 0.2) is 5.65 Å². The summed E-state index contributed by atoms with van der Waals surface area (Å²) in [6, 6.07) is 15.8. The van der Waals surface area contributed by atoms with Gasteiger partial charge in [0.25, 0.3) is 11.5 Å². The van der Waals surface area contributed by atoms with Crippen molar-refractivity contribution >= 4 is 28.4 Å². The van der Waals surface area contributed by atoms with E-state index in [4.69, 9.17) is 4.98 Å². The number of nitrogens with one attached hydrogen (secondary N) is 1. The zero-order chi connectivity index (χ0) is 30.1. The van der Waals surface area contributed by atoms with Gasteiger partial charge < -0.3 is 10.2 Å². The van der Waals surface area contributed by atoms with Gasteiger partial charge in [0.05, 0.1) is 28.3 Å². The van der Waals surface area contributed by atoms with Crippen LogP contribution in [0, 0.1) is 24.7 Å². The van der Waals surface area contributed by atoms with Gasteiger partial charge in [-0.2, -0.15) is 5.10 Å². The van der Waals surface area contributed by atoms with Crippen LogP contribution in [0.1, 0.15) is 60.2 Å². The Morgan fingerprint density at radius 1 is 1.05 bits per heavy atom. The number of hydrogen-bond acceptors (Lipinski definition) is 6. The average molecular weight is 574 g/mol. The maximum Gasteiger partial charge on any atom is 0.267 e. The molecule has 1 aliphatic rings. The Labute approximate surface area is 248 Å². The van der Waals surface area contributed by atoms with Gasteiger partial charge in [0, 0.05) is 43.9 Å². The largest absolute Gasteiger partial charge is 0.343 e. The summed E-state index contributed by atoms with van der Waals surface area (Å²) in [4.78, 5) is 50.6. The van der Waals surface area contributed by atoms with Crippen LogP contribution < -0.4 is 10.9 Å².